The largest absolute Gasteiger partial charge is 0.355 e. The van der Waals surface area contributed by atoms with Crippen LogP contribution in [0.15, 0.2) is 29.3 Å². The molecule has 6 heteroatoms. The van der Waals surface area contributed by atoms with Gasteiger partial charge in [-0.25, -0.2) is 0 Å². The van der Waals surface area contributed by atoms with Gasteiger partial charge in [0.25, 0.3) is 0 Å². The zero-order valence-corrected chi connectivity index (χ0v) is 16.9. The van der Waals surface area contributed by atoms with Crippen LogP contribution in [-0.4, -0.2) is 67.0 Å². The van der Waals surface area contributed by atoms with Gasteiger partial charge in [-0.15, -0.1) is 0 Å². The first-order valence-corrected chi connectivity index (χ1v) is 10.2. The third-order valence-electron chi connectivity index (χ3n) is 5.76. The average molecular weight is 372 g/mol. The Kier molecular flexibility index (Phi) is 6.72. The number of hydrogen-bond donors (Lipinski definition) is 2. The molecule has 1 aromatic rings. The molecule has 2 aliphatic heterocycles. The van der Waals surface area contributed by atoms with Crippen molar-refractivity contribution in [3.63, 3.8) is 0 Å². The van der Waals surface area contributed by atoms with E-state index < -0.39 is 0 Å². The quantitative estimate of drug-likeness (QED) is 0.610. The standard InChI is InChI=1S/C21H33N5O/c1-4-20(27)26-12-10-19(15-26)24-21(22-3)23-13-16(2)25-11-9-17-7-5-6-8-18(17)14-25/h5-8,16,19H,4,9-15H2,1-3H3,(H2,22,23,24). The second-order valence-corrected chi connectivity index (χ2v) is 7.61. The number of benzene rings is 1. The molecule has 2 aliphatic rings. The molecule has 1 amide bonds. The number of rotatable bonds is 5. The highest BCUT2D eigenvalue weighted by Gasteiger charge is 2.26. The van der Waals surface area contributed by atoms with Gasteiger partial charge >= 0.3 is 0 Å². The molecule has 2 N–H and O–H groups in total. The zero-order valence-electron chi connectivity index (χ0n) is 16.9. The Morgan fingerprint density at radius 3 is 2.81 bits per heavy atom. The first-order valence-electron chi connectivity index (χ1n) is 10.2. The van der Waals surface area contributed by atoms with Crippen molar-refractivity contribution in [3.8, 4) is 0 Å². The molecule has 0 aliphatic carbocycles. The maximum atomic E-state index is 11.8. The van der Waals surface area contributed by atoms with Gasteiger partial charge in [0.15, 0.2) is 5.96 Å². The van der Waals surface area contributed by atoms with Crippen molar-refractivity contribution < 1.29 is 4.79 Å². The highest BCUT2D eigenvalue weighted by Crippen LogP contribution is 2.20. The predicted molar refractivity (Wildman–Crippen MR) is 110 cm³/mol. The lowest BCUT2D eigenvalue weighted by molar-refractivity contribution is -0.129. The Hall–Kier alpha value is -2.08. The van der Waals surface area contributed by atoms with Crippen molar-refractivity contribution in [3.05, 3.63) is 35.4 Å². The first-order chi connectivity index (χ1) is 13.1. The molecule has 1 fully saturated rings. The normalized spacial score (nSPS) is 21.7. The Morgan fingerprint density at radius 2 is 2.07 bits per heavy atom. The number of likely N-dealkylation sites (tertiary alicyclic amines) is 1. The number of amides is 1. The maximum absolute atomic E-state index is 11.8. The molecule has 0 radical (unpaired) electrons. The summed E-state index contributed by atoms with van der Waals surface area (Å²) in [5.74, 6) is 1.07. The van der Waals surface area contributed by atoms with Gasteiger partial charge < -0.3 is 15.5 Å². The first kappa shape index (κ1) is 19.7. The molecule has 2 heterocycles. The molecule has 6 nitrogen and oxygen atoms in total. The van der Waals surface area contributed by atoms with Crippen molar-refractivity contribution in [2.24, 2.45) is 4.99 Å². The van der Waals surface area contributed by atoms with E-state index in [1.807, 2.05) is 11.8 Å². The molecular formula is C21H33N5O. The summed E-state index contributed by atoms with van der Waals surface area (Å²) in [6.45, 7) is 8.77. The molecule has 1 aromatic carbocycles. The molecule has 148 valence electrons. The van der Waals surface area contributed by atoms with Gasteiger partial charge in [0.1, 0.15) is 0 Å². The highest BCUT2D eigenvalue weighted by molar-refractivity contribution is 5.80. The predicted octanol–water partition coefficient (Wildman–Crippen LogP) is 1.61. The molecule has 2 atom stereocenters. The van der Waals surface area contributed by atoms with Gasteiger partial charge in [0.2, 0.25) is 5.91 Å². The van der Waals surface area contributed by atoms with Crippen LogP contribution >= 0.6 is 0 Å². The lowest BCUT2D eigenvalue weighted by Gasteiger charge is -2.34. The molecule has 2 unspecified atom stereocenters. The van der Waals surface area contributed by atoms with Gasteiger partial charge in [-0.2, -0.15) is 0 Å². The SMILES string of the molecule is CCC(=O)N1CCC(NC(=NC)NCC(C)N2CCc3ccccc3C2)C1. The molecule has 0 saturated carbocycles. The van der Waals surface area contributed by atoms with E-state index in [2.05, 4.69) is 51.7 Å². The summed E-state index contributed by atoms with van der Waals surface area (Å²) in [7, 11) is 1.81. The molecule has 0 spiro atoms. The van der Waals surface area contributed by atoms with Crippen molar-refractivity contribution in [2.75, 3.05) is 33.2 Å². The van der Waals surface area contributed by atoms with E-state index in [1.54, 1.807) is 7.05 Å². The van der Waals surface area contributed by atoms with Gasteiger partial charge in [-0.1, -0.05) is 31.2 Å². The summed E-state index contributed by atoms with van der Waals surface area (Å²) >= 11 is 0. The van der Waals surface area contributed by atoms with Crippen LogP contribution in [0.3, 0.4) is 0 Å². The van der Waals surface area contributed by atoms with Crippen LogP contribution in [0.25, 0.3) is 0 Å². The summed E-state index contributed by atoms with van der Waals surface area (Å²) < 4.78 is 0. The number of nitrogens with zero attached hydrogens (tertiary/aromatic N) is 3. The smallest absolute Gasteiger partial charge is 0.222 e. The number of carbonyl (C=O) groups is 1. The third-order valence-corrected chi connectivity index (χ3v) is 5.76. The van der Waals surface area contributed by atoms with Gasteiger partial charge in [0, 0.05) is 58.3 Å². The van der Waals surface area contributed by atoms with Crippen LogP contribution in [0.2, 0.25) is 0 Å². The van der Waals surface area contributed by atoms with Crippen LogP contribution in [0, 0.1) is 0 Å². The van der Waals surface area contributed by atoms with E-state index in [0.717, 1.165) is 51.5 Å². The number of hydrogen-bond acceptors (Lipinski definition) is 3. The van der Waals surface area contributed by atoms with Gasteiger partial charge in [-0.3, -0.25) is 14.7 Å². The van der Waals surface area contributed by atoms with E-state index >= 15 is 0 Å². The molecule has 27 heavy (non-hydrogen) atoms. The average Bonchev–Trinajstić information content (AvgIpc) is 3.18. The second kappa shape index (κ2) is 9.22. The second-order valence-electron chi connectivity index (χ2n) is 7.61. The minimum Gasteiger partial charge on any atom is -0.355 e. The van der Waals surface area contributed by atoms with E-state index in [9.17, 15) is 4.79 Å². The summed E-state index contributed by atoms with van der Waals surface area (Å²) in [5, 5.41) is 6.94. The topological polar surface area (TPSA) is 60.0 Å². The molecule has 1 saturated heterocycles. The minimum absolute atomic E-state index is 0.237. The van der Waals surface area contributed by atoms with Gasteiger partial charge in [0.05, 0.1) is 0 Å². The number of nitrogens with one attached hydrogen (secondary N) is 2. The maximum Gasteiger partial charge on any atom is 0.222 e. The van der Waals surface area contributed by atoms with E-state index in [-0.39, 0.29) is 11.9 Å². The number of fused-ring (bicyclic) bond motifs is 1. The number of carbonyl (C=O) groups excluding carboxylic acids is 1. The lowest BCUT2D eigenvalue weighted by atomic mass is 9.99. The summed E-state index contributed by atoms with van der Waals surface area (Å²) in [6, 6.07) is 9.46. The van der Waals surface area contributed by atoms with Crippen molar-refractivity contribution in [2.45, 2.75) is 51.7 Å². The number of aliphatic imine (C=N–C) groups is 1. The lowest BCUT2D eigenvalue weighted by Crippen LogP contribution is -2.49. The van der Waals surface area contributed by atoms with E-state index in [0.29, 0.717) is 12.5 Å². The molecule has 0 aromatic heterocycles. The zero-order chi connectivity index (χ0) is 19.2. The van der Waals surface area contributed by atoms with Crippen molar-refractivity contribution >= 4 is 11.9 Å². The van der Waals surface area contributed by atoms with E-state index in [4.69, 9.17) is 0 Å². The minimum atomic E-state index is 0.237. The summed E-state index contributed by atoms with van der Waals surface area (Å²) in [5.41, 5.74) is 2.93. The third kappa shape index (κ3) is 5.01. The Labute approximate surface area is 163 Å². The summed E-state index contributed by atoms with van der Waals surface area (Å²) in [6.07, 6.45) is 2.68. The number of guanidine groups is 1. The molecule has 0 bridgehead atoms. The summed E-state index contributed by atoms with van der Waals surface area (Å²) in [4.78, 5) is 20.7. The van der Waals surface area contributed by atoms with Crippen LogP contribution in [0.1, 0.15) is 37.8 Å². The fourth-order valence-corrected chi connectivity index (χ4v) is 3.98. The fourth-order valence-electron chi connectivity index (χ4n) is 3.98. The molecular weight excluding hydrogens is 338 g/mol. The molecule has 3 rings (SSSR count). The van der Waals surface area contributed by atoms with Crippen LogP contribution < -0.4 is 10.6 Å². The Morgan fingerprint density at radius 1 is 1.30 bits per heavy atom. The van der Waals surface area contributed by atoms with Gasteiger partial charge in [-0.05, 0) is 30.9 Å². The van der Waals surface area contributed by atoms with Crippen LogP contribution in [0.5, 0.6) is 0 Å². The monoisotopic (exact) mass is 371 g/mol. The fraction of sp³-hybridized carbons (Fsp3) is 0.619. The van der Waals surface area contributed by atoms with Crippen molar-refractivity contribution in [1.29, 1.82) is 0 Å². The Bertz CT molecular complexity index is 674. The van der Waals surface area contributed by atoms with Crippen LogP contribution in [0.4, 0.5) is 0 Å². The Balaban J connectivity index is 1.45. The van der Waals surface area contributed by atoms with E-state index in [1.165, 1.54) is 11.1 Å². The van der Waals surface area contributed by atoms with Crippen LogP contribution in [-0.2, 0) is 17.8 Å². The highest BCUT2D eigenvalue weighted by atomic mass is 16.2. The van der Waals surface area contributed by atoms with Crippen molar-refractivity contribution in [1.82, 2.24) is 20.4 Å².